The summed E-state index contributed by atoms with van der Waals surface area (Å²) in [5, 5.41) is 11.0. The molecule has 0 aliphatic heterocycles. The first-order valence-corrected chi connectivity index (χ1v) is 5.72. The molecule has 4 N–H and O–H groups in total. The number of aromatic hydroxyl groups is 1. The number of unbranched alkanes of at least 4 members (excludes halogenated alkanes) is 1. The SMILES string of the molecule is Cc1cc2c(O)c(CCCCN)ccc2[nH]1. The highest BCUT2D eigenvalue weighted by Crippen LogP contribution is 2.30. The highest BCUT2D eigenvalue weighted by Gasteiger charge is 2.07. The van der Waals surface area contributed by atoms with Gasteiger partial charge in [0.2, 0.25) is 0 Å². The number of fused-ring (bicyclic) bond motifs is 1. The Morgan fingerprint density at radius 2 is 2.12 bits per heavy atom. The number of aryl methyl sites for hydroxylation is 2. The van der Waals surface area contributed by atoms with Gasteiger partial charge >= 0.3 is 0 Å². The summed E-state index contributed by atoms with van der Waals surface area (Å²) in [5.41, 5.74) is 8.54. The van der Waals surface area contributed by atoms with Crippen LogP contribution >= 0.6 is 0 Å². The van der Waals surface area contributed by atoms with Crippen LogP contribution in [0.2, 0.25) is 0 Å². The van der Waals surface area contributed by atoms with Gasteiger partial charge in [-0.1, -0.05) is 6.07 Å². The Balaban J connectivity index is 2.29. The minimum atomic E-state index is 0.416. The van der Waals surface area contributed by atoms with E-state index in [4.69, 9.17) is 5.73 Å². The lowest BCUT2D eigenvalue weighted by Gasteiger charge is -2.05. The molecule has 0 unspecified atom stereocenters. The predicted molar refractivity (Wildman–Crippen MR) is 66.7 cm³/mol. The second kappa shape index (κ2) is 4.58. The van der Waals surface area contributed by atoms with Crippen LogP contribution in [0.1, 0.15) is 24.1 Å². The number of phenolic OH excluding ortho intramolecular Hbond substituents is 1. The Morgan fingerprint density at radius 1 is 1.31 bits per heavy atom. The average molecular weight is 218 g/mol. The quantitative estimate of drug-likeness (QED) is 0.690. The van der Waals surface area contributed by atoms with Crippen LogP contribution in [-0.2, 0) is 6.42 Å². The van der Waals surface area contributed by atoms with Crippen LogP contribution in [0.25, 0.3) is 10.9 Å². The van der Waals surface area contributed by atoms with Crippen molar-refractivity contribution in [2.75, 3.05) is 6.54 Å². The molecular formula is C13H18N2O. The van der Waals surface area contributed by atoms with Crippen molar-refractivity contribution in [1.82, 2.24) is 4.98 Å². The second-order valence-electron chi connectivity index (χ2n) is 4.23. The Hall–Kier alpha value is -1.48. The molecule has 0 spiro atoms. The first kappa shape index (κ1) is 11.0. The van der Waals surface area contributed by atoms with Crippen molar-refractivity contribution in [3.63, 3.8) is 0 Å². The third-order valence-electron chi connectivity index (χ3n) is 2.89. The van der Waals surface area contributed by atoms with Gasteiger partial charge in [-0.15, -0.1) is 0 Å². The Kier molecular flexibility index (Phi) is 3.15. The minimum absolute atomic E-state index is 0.416. The van der Waals surface area contributed by atoms with Crippen molar-refractivity contribution in [2.24, 2.45) is 5.73 Å². The second-order valence-corrected chi connectivity index (χ2v) is 4.23. The largest absolute Gasteiger partial charge is 0.507 e. The molecule has 0 saturated heterocycles. The standard InChI is InChI=1S/C13H18N2O/c1-9-8-11-12(15-9)6-5-10(13(11)16)4-2-3-7-14/h5-6,8,15-16H,2-4,7,14H2,1H3. The summed E-state index contributed by atoms with van der Waals surface area (Å²) in [6.45, 7) is 2.71. The van der Waals surface area contributed by atoms with Crippen LogP contribution in [-0.4, -0.2) is 16.6 Å². The zero-order valence-corrected chi connectivity index (χ0v) is 9.59. The lowest BCUT2D eigenvalue weighted by atomic mass is 10.0. The van der Waals surface area contributed by atoms with Gasteiger partial charge in [0.25, 0.3) is 0 Å². The van der Waals surface area contributed by atoms with E-state index in [0.29, 0.717) is 12.3 Å². The van der Waals surface area contributed by atoms with Gasteiger partial charge in [0.1, 0.15) is 5.75 Å². The maximum Gasteiger partial charge on any atom is 0.128 e. The summed E-state index contributed by atoms with van der Waals surface area (Å²) in [4.78, 5) is 3.21. The molecule has 1 aromatic carbocycles. The average Bonchev–Trinajstić information content (AvgIpc) is 2.64. The highest BCUT2D eigenvalue weighted by atomic mass is 16.3. The molecule has 86 valence electrons. The Morgan fingerprint density at radius 3 is 2.88 bits per heavy atom. The summed E-state index contributed by atoms with van der Waals surface area (Å²) in [5.74, 6) is 0.416. The fourth-order valence-corrected chi connectivity index (χ4v) is 2.03. The first-order chi connectivity index (χ1) is 7.72. The van der Waals surface area contributed by atoms with Crippen LogP contribution in [0.3, 0.4) is 0 Å². The minimum Gasteiger partial charge on any atom is -0.507 e. The van der Waals surface area contributed by atoms with E-state index in [2.05, 4.69) is 4.98 Å². The van der Waals surface area contributed by atoms with Gasteiger partial charge in [-0.05, 0) is 50.4 Å². The van der Waals surface area contributed by atoms with Gasteiger partial charge in [0, 0.05) is 16.6 Å². The van der Waals surface area contributed by atoms with Gasteiger partial charge in [0.15, 0.2) is 0 Å². The molecule has 3 nitrogen and oxygen atoms in total. The highest BCUT2D eigenvalue weighted by molar-refractivity contribution is 5.87. The van der Waals surface area contributed by atoms with E-state index in [1.54, 1.807) is 0 Å². The van der Waals surface area contributed by atoms with Gasteiger partial charge < -0.3 is 15.8 Å². The van der Waals surface area contributed by atoms with Crippen molar-refractivity contribution in [2.45, 2.75) is 26.2 Å². The molecule has 2 aromatic rings. The molecule has 1 heterocycles. The van der Waals surface area contributed by atoms with Crippen LogP contribution < -0.4 is 5.73 Å². The van der Waals surface area contributed by atoms with Gasteiger partial charge in [-0.25, -0.2) is 0 Å². The summed E-state index contributed by atoms with van der Waals surface area (Å²) in [7, 11) is 0. The maximum atomic E-state index is 10.1. The zero-order valence-electron chi connectivity index (χ0n) is 9.59. The van der Waals surface area contributed by atoms with E-state index in [9.17, 15) is 5.11 Å². The summed E-state index contributed by atoms with van der Waals surface area (Å²) in [6.07, 6.45) is 2.92. The lowest BCUT2D eigenvalue weighted by Crippen LogP contribution is -1.99. The number of aromatic nitrogens is 1. The molecular weight excluding hydrogens is 200 g/mol. The van der Waals surface area contributed by atoms with Crippen LogP contribution in [0.15, 0.2) is 18.2 Å². The Labute approximate surface area is 95.3 Å². The molecule has 0 atom stereocenters. The number of nitrogens with one attached hydrogen (secondary N) is 1. The molecule has 0 saturated carbocycles. The zero-order chi connectivity index (χ0) is 11.5. The molecule has 0 fully saturated rings. The van der Waals surface area contributed by atoms with E-state index >= 15 is 0 Å². The molecule has 2 rings (SSSR count). The number of hydrogen-bond acceptors (Lipinski definition) is 2. The summed E-state index contributed by atoms with van der Waals surface area (Å²) >= 11 is 0. The van der Waals surface area contributed by atoms with Crippen molar-refractivity contribution in [3.05, 3.63) is 29.5 Å². The number of nitrogens with two attached hydrogens (primary N) is 1. The molecule has 0 aliphatic rings. The molecule has 1 aromatic heterocycles. The topological polar surface area (TPSA) is 62.0 Å². The van der Waals surface area contributed by atoms with Crippen molar-refractivity contribution in [3.8, 4) is 5.75 Å². The third-order valence-corrected chi connectivity index (χ3v) is 2.89. The summed E-state index contributed by atoms with van der Waals surface area (Å²) in [6, 6.07) is 6.00. The normalized spacial score (nSPS) is 11.1. The lowest BCUT2D eigenvalue weighted by molar-refractivity contribution is 0.473. The van der Waals surface area contributed by atoms with Crippen molar-refractivity contribution >= 4 is 10.9 Å². The number of H-pyrrole nitrogens is 1. The third kappa shape index (κ3) is 2.04. The van der Waals surface area contributed by atoms with Crippen molar-refractivity contribution in [1.29, 1.82) is 0 Å². The molecule has 3 heteroatoms. The fourth-order valence-electron chi connectivity index (χ4n) is 2.03. The monoisotopic (exact) mass is 218 g/mol. The number of aromatic amines is 1. The van der Waals surface area contributed by atoms with E-state index < -0.39 is 0 Å². The van der Waals surface area contributed by atoms with E-state index in [1.807, 2.05) is 25.1 Å². The molecule has 16 heavy (non-hydrogen) atoms. The predicted octanol–water partition coefficient (Wildman–Crippen LogP) is 2.46. The maximum absolute atomic E-state index is 10.1. The van der Waals surface area contributed by atoms with E-state index in [0.717, 1.165) is 41.4 Å². The van der Waals surface area contributed by atoms with Crippen molar-refractivity contribution < 1.29 is 5.11 Å². The molecule has 0 bridgehead atoms. The van der Waals surface area contributed by atoms with Gasteiger partial charge in [-0.2, -0.15) is 0 Å². The number of benzene rings is 1. The van der Waals surface area contributed by atoms with Gasteiger partial charge in [-0.3, -0.25) is 0 Å². The molecule has 0 amide bonds. The molecule has 0 aliphatic carbocycles. The van der Waals surface area contributed by atoms with E-state index in [1.165, 1.54) is 0 Å². The smallest absolute Gasteiger partial charge is 0.128 e. The fraction of sp³-hybridized carbons (Fsp3) is 0.385. The summed E-state index contributed by atoms with van der Waals surface area (Å²) < 4.78 is 0. The number of rotatable bonds is 4. The number of hydrogen-bond donors (Lipinski definition) is 3. The van der Waals surface area contributed by atoms with Crippen LogP contribution in [0.5, 0.6) is 5.75 Å². The van der Waals surface area contributed by atoms with E-state index in [-0.39, 0.29) is 0 Å². The van der Waals surface area contributed by atoms with Crippen LogP contribution in [0.4, 0.5) is 0 Å². The number of phenols is 1. The molecule has 0 radical (unpaired) electrons. The Bertz CT molecular complexity index is 488. The van der Waals surface area contributed by atoms with Gasteiger partial charge in [0.05, 0.1) is 0 Å². The van der Waals surface area contributed by atoms with Crippen LogP contribution in [0, 0.1) is 6.92 Å². The first-order valence-electron chi connectivity index (χ1n) is 5.72.